The number of rotatable bonds is 3. The van der Waals surface area contributed by atoms with Crippen molar-refractivity contribution in [2.24, 2.45) is 0 Å². The number of halogens is 3. The molecule has 2 aromatic heterocycles. The molecule has 1 unspecified atom stereocenters. The normalized spacial score (nSPS) is 18.0. The van der Waals surface area contributed by atoms with E-state index in [4.69, 9.17) is 4.74 Å². The summed E-state index contributed by atoms with van der Waals surface area (Å²) in [4.78, 5) is 4.40. The van der Waals surface area contributed by atoms with Crippen LogP contribution in [-0.2, 0) is 6.18 Å². The Labute approximate surface area is 157 Å². The van der Waals surface area contributed by atoms with Gasteiger partial charge in [-0.25, -0.2) is 14.8 Å². The Morgan fingerprint density at radius 3 is 2.59 bits per heavy atom. The van der Waals surface area contributed by atoms with E-state index in [0.29, 0.717) is 23.6 Å². The minimum absolute atomic E-state index is 0.163. The number of fused-ring (bicyclic) bond motifs is 1. The van der Waals surface area contributed by atoms with Crippen LogP contribution >= 0.6 is 11.8 Å². The van der Waals surface area contributed by atoms with Crippen molar-refractivity contribution in [3.63, 3.8) is 0 Å². The van der Waals surface area contributed by atoms with Gasteiger partial charge in [0.1, 0.15) is 5.75 Å². The molecule has 0 bridgehead atoms. The van der Waals surface area contributed by atoms with Crippen molar-refractivity contribution in [1.82, 2.24) is 19.9 Å². The highest BCUT2D eigenvalue weighted by Gasteiger charge is 2.36. The van der Waals surface area contributed by atoms with E-state index in [1.54, 1.807) is 42.1 Å². The third kappa shape index (κ3) is 3.61. The van der Waals surface area contributed by atoms with Gasteiger partial charge in [0.15, 0.2) is 11.3 Å². The van der Waals surface area contributed by atoms with Crippen LogP contribution in [0.2, 0.25) is 0 Å². The van der Waals surface area contributed by atoms with Crippen molar-refractivity contribution in [3.05, 3.63) is 47.8 Å². The summed E-state index contributed by atoms with van der Waals surface area (Å²) in [6.07, 6.45) is -4.55. The van der Waals surface area contributed by atoms with Gasteiger partial charge in [-0.1, -0.05) is 0 Å². The quantitative estimate of drug-likeness (QED) is 0.679. The molecule has 0 amide bonds. The average molecular weight is 393 g/mol. The van der Waals surface area contributed by atoms with Gasteiger partial charge >= 0.3 is 6.18 Å². The molecule has 1 radical (unpaired) electrons. The van der Waals surface area contributed by atoms with Crippen molar-refractivity contribution < 1.29 is 17.9 Å². The second kappa shape index (κ2) is 7.05. The zero-order valence-electron chi connectivity index (χ0n) is 14.4. The predicted octanol–water partition coefficient (Wildman–Crippen LogP) is 3.82. The second-order valence-corrected chi connectivity index (χ2v) is 7.24. The van der Waals surface area contributed by atoms with Crippen molar-refractivity contribution in [1.29, 1.82) is 0 Å². The molecule has 1 aliphatic rings. The highest BCUT2D eigenvalue weighted by atomic mass is 32.2. The minimum atomic E-state index is -4.55. The monoisotopic (exact) mass is 393 g/mol. The molecule has 0 spiro atoms. The van der Waals surface area contributed by atoms with E-state index < -0.39 is 11.9 Å². The van der Waals surface area contributed by atoms with Gasteiger partial charge in [0.25, 0.3) is 0 Å². The number of hydrogen-bond acceptors (Lipinski definition) is 4. The molecule has 0 aliphatic carbocycles. The summed E-state index contributed by atoms with van der Waals surface area (Å²) in [7, 11) is 1.53. The highest BCUT2D eigenvalue weighted by molar-refractivity contribution is 7.99. The van der Waals surface area contributed by atoms with Gasteiger partial charge in [0.2, 0.25) is 0 Å². The minimum Gasteiger partial charge on any atom is -0.497 e. The maximum Gasteiger partial charge on any atom is 0.433 e. The zero-order valence-corrected chi connectivity index (χ0v) is 15.2. The lowest BCUT2D eigenvalue weighted by Gasteiger charge is -2.18. The highest BCUT2D eigenvalue weighted by Crippen LogP contribution is 2.33. The van der Waals surface area contributed by atoms with Gasteiger partial charge < -0.3 is 4.74 Å². The average Bonchev–Trinajstić information content (AvgIpc) is 3.11. The van der Waals surface area contributed by atoms with Crippen LogP contribution in [0.5, 0.6) is 5.75 Å². The maximum absolute atomic E-state index is 13.6. The first-order valence-corrected chi connectivity index (χ1v) is 9.48. The molecule has 141 valence electrons. The molecule has 1 fully saturated rings. The summed E-state index contributed by atoms with van der Waals surface area (Å²) in [5.74, 6) is 2.27. The topological polar surface area (TPSA) is 53.5 Å². The molecular weight excluding hydrogens is 377 g/mol. The summed E-state index contributed by atoms with van der Waals surface area (Å²) in [5, 5.41) is 8.64. The molecule has 3 aromatic rings. The number of alkyl halides is 3. The standard InChI is InChI=1S/C18H16F3N4OS/c1-26-12-4-2-11(3-5-12)13-8-16(18(19,20)21)25-17(23-13)9-14(24-25)15-10-27-7-6-22-15/h2-5,8-9,15H,6-7,10H2,1H3. The molecule has 5 nitrogen and oxygen atoms in total. The van der Waals surface area contributed by atoms with E-state index in [1.165, 1.54) is 7.11 Å². The van der Waals surface area contributed by atoms with Crippen LogP contribution in [0.15, 0.2) is 36.4 Å². The molecule has 1 saturated heterocycles. The largest absolute Gasteiger partial charge is 0.497 e. The van der Waals surface area contributed by atoms with E-state index in [1.807, 2.05) is 0 Å². The van der Waals surface area contributed by atoms with Gasteiger partial charge in [0, 0.05) is 29.7 Å². The lowest BCUT2D eigenvalue weighted by Crippen LogP contribution is -2.24. The molecule has 0 saturated carbocycles. The third-order valence-corrected chi connectivity index (χ3v) is 5.35. The Kier molecular flexibility index (Phi) is 4.73. The zero-order chi connectivity index (χ0) is 19.0. The Morgan fingerprint density at radius 1 is 1.19 bits per heavy atom. The van der Waals surface area contributed by atoms with Gasteiger partial charge in [-0.2, -0.15) is 30.0 Å². The van der Waals surface area contributed by atoms with Gasteiger partial charge in [-0.05, 0) is 30.3 Å². The van der Waals surface area contributed by atoms with E-state index in [9.17, 15) is 13.2 Å². The Morgan fingerprint density at radius 2 is 1.96 bits per heavy atom. The van der Waals surface area contributed by atoms with Crippen LogP contribution in [-0.4, -0.2) is 39.8 Å². The number of hydrogen-bond donors (Lipinski definition) is 0. The van der Waals surface area contributed by atoms with Crippen molar-refractivity contribution in [3.8, 4) is 17.0 Å². The van der Waals surface area contributed by atoms with Crippen LogP contribution < -0.4 is 10.1 Å². The fourth-order valence-corrected chi connectivity index (χ4v) is 3.87. The van der Waals surface area contributed by atoms with E-state index in [-0.39, 0.29) is 17.4 Å². The lowest BCUT2D eigenvalue weighted by molar-refractivity contribution is -0.142. The van der Waals surface area contributed by atoms with Crippen LogP contribution in [0.4, 0.5) is 13.2 Å². The summed E-state index contributed by atoms with van der Waals surface area (Å²) in [6, 6.07) is 9.17. The van der Waals surface area contributed by atoms with Gasteiger partial charge in [-0.15, -0.1) is 0 Å². The Balaban J connectivity index is 1.83. The number of methoxy groups -OCH3 is 1. The molecule has 3 heterocycles. The summed E-state index contributed by atoms with van der Waals surface area (Å²) < 4.78 is 46.9. The smallest absolute Gasteiger partial charge is 0.433 e. The first kappa shape index (κ1) is 18.1. The Hall–Kier alpha value is -2.26. The first-order chi connectivity index (χ1) is 13.0. The van der Waals surface area contributed by atoms with E-state index in [2.05, 4.69) is 15.4 Å². The molecule has 9 heteroatoms. The first-order valence-electron chi connectivity index (χ1n) is 8.32. The molecule has 1 aromatic carbocycles. The lowest BCUT2D eigenvalue weighted by atomic mass is 10.1. The summed E-state index contributed by atoms with van der Waals surface area (Å²) in [6.45, 7) is 0.680. The molecule has 27 heavy (non-hydrogen) atoms. The van der Waals surface area contributed by atoms with Crippen molar-refractivity contribution >= 4 is 17.4 Å². The van der Waals surface area contributed by atoms with Crippen LogP contribution in [0.1, 0.15) is 17.4 Å². The van der Waals surface area contributed by atoms with Gasteiger partial charge in [0.05, 0.1) is 24.5 Å². The number of nitrogens with zero attached hydrogens (tertiary/aromatic N) is 4. The van der Waals surface area contributed by atoms with Crippen LogP contribution in [0, 0.1) is 0 Å². The fraction of sp³-hybridized carbons (Fsp3) is 0.333. The number of ether oxygens (including phenoxy) is 1. The van der Waals surface area contributed by atoms with E-state index >= 15 is 0 Å². The van der Waals surface area contributed by atoms with E-state index in [0.717, 1.165) is 22.1 Å². The fourth-order valence-electron chi connectivity index (χ4n) is 2.97. The molecule has 1 atom stereocenters. The second-order valence-electron chi connectivity index (χ2n) is 6.09. The number of aromatic nitrogens is 3. The van der Waals surface area contributed by atoms with Crippen LogP contribution in [0.25, 0.3) is 16.9 Å². The molecule has 1 aliphatic heterocycles. The summed E-state index contributed by atoms with van der Waals surface area (Å²) in [5.41, 5.74) is 0.639. The maximum atomic E-state index is 13.6. The Bertz CT molecular complexity index is 950. The molecule has 0 N–H and O–H groups in total. The summed E-state index contributed by atoms with van der Waals surface area (Å²) >= 11 is 1.72. The third-order valence-electron chi connectivity index (χ3n) is 4.32. The van der Waals surface area contributed by atoms with Crippen LogP contribution in [0.3, 0.4) is 0 Å². The molecule has 4 rings (SSSR count). The van der Waals surface area contributed by atoms with Crippen molar-refractivity contribution in [2.75, 3.05) is 25.2 Å². The predicted molar refractivity (Wildman–Crippen MR) is 97.0 cm³/mol. The molecular formula is C18H16F3N4OS. The SMILES string of the molecule is COc1ccc(-c2cc(C(F)(F)F)n3nc(C4CSCC[N]4)cc3n2)cc1. The number of benzene rings is 1. The number of thioether (sulfide) groups is 1. The van der Waals surface area contributed by atoms with Crippen molar-refractivity contribution in [2.45, 2.75) is 12.2 Å². The van der Waals surface area contributed by atoms with Gasteiger partial charge in [-0.3, -0.25) is 0 Å².